The van der Waals surface area contributed by atoms with Crippen LogP contribution in [0.25, 0.3) is 0 Å². The van der Waals surface area contributed by atoms with Crippen molar-refractivity contribution < 1.29 is 14.2 Å². The van der Waals surface area contributed by atoms with E-state index >= 15 is 0 Å². The molecule has 0 radical (unpaired) electrons. The molecule has 3 heteroatoms. The monoisotopic (exact) mass is 272 g/mol. The largest absolute Gasteiger partial charge is 0.489 e. The maximum atomic E-state index is 5.76. The third kappa shape index (κ3) is 4.59. The molecule has 0 N–H and O–H groups in total. The van der Waals surface area contributed by atoms with Gasteiger partial charge in [0, 0.05) is 13.2 Å². The first-order valence-electron chi connectivity index (χ1n) is 6.70. The molecule has 0 heterocycles. The summed E-state index contributed by atoms with van der Waals surface area (Å²) in [5.41, 5.74) is 1.14. The maximum Gasteiger partial charge on any atom is 0.123 e. The zero-order chi connectivity index (χ0) is 14.2. The normalized spacial score (nSPS) is 11.9. The molecule has 20 heavy (non-hydrogen) atoms. The highest BCUT2D eigenvalue weighted by Crippen LogP contribution is 2.21. The van der Waals surface area contributed by atoms with E-state index in [9.17, 15) is 0 Å². The molecule has 0 aliphatic carbocycles. The number of benzene rings is 2. The molecule has 106 valence electrons. The highest BCUT2D eigenvalue weighted by atomic mass is 16.5. The van der Waals surface area contributed by atoms with E-state index in [-0.39, 0.29) is 6.10 Å². The van der Waals surface area contributed by atoms with Crippen molar-refractivity contribution >= 4 is 0 Å². The number of hydrogen-bond acceptors (Lipinski definition) is 3. The lowest BCUT2D eigenvalue weighted by Crippen LogP contribution is -2.17. The van der Waals surface area contributed by atoms with Gasteiger partial charge in [0.2, 0.25) is 0 Å². The minimum atomic E-state index is 0.0179. The van der Waals surface area contributed by atoms with Crippen molar-refractivity contribution in [3.8, 4) is 11.5 Å². The van der Waals surface area contributed by atoms with Crippen LogP contribution in [0.3, 0.4) is 0 Å². The Morgan fingerprint density at radius 3 is 2.45 bits per heavy atom. The zero-order valence-corrected chi connectivity index (χ0v) is 11.9. The van der Waals surface area contributed by atoms with Gasteiger partial charge in [-0.05, 0) is 24.6 Å². The van der Waals surface area contributed by atoms with Gasteiger partial charge < -0.3 is 14.2 Å². The Morgan fingerprint density at radius 2 is 1.70 bits per heavy atom. The van der Waals surface area contributed by atoms with Gasteiger partial charge in [-0.1, -0.05) is 36.4 Å². The second kappa shape index (κ2) is 7.56. The lowest BCUT2D eigenvalue weighted by molar-refractivity contribution is 0.0918. The minimum absolute atomic E-state index is 0.0179. The van der Waals surface area contributed by atoms with Crippen molar-refractivity contribution in [1.29, 1.82) is 0 Å². The molecule has 2 aromatic carbocycles. The molecular weight excluding hydrogens is 252 g/mol. The van der Waals surface area contributed by atoms with Crippen molar-refractivity contribution in [2.45, 2.75) is 19.6 Å². The van der Waals surface area contributed by atoms with E-state index < -0.39 is 0 Å². The van der Waals surface area contributed by atoms with Gasteiger partial charge in [0.15, 0.2) is 0 Å². The smallest absolute Gasteiger partial charge is 0.123 e. The molecule has 0 saturated heterocycles. The van der Waals surface area contributed by atoms with Gasteiger partial charge in [-0.2, -0.15) is 0 Å². The third-order valence-corrected chi connectivity index (χ3v) is 2.79. The molecule has 3 nitrogen and oxygen atoms in total. The van der Waals surface area contributed by atoms with Crippen molar-refractivity contribution in [2.75, 3.05) is 13.7 Å². The van der Waals surface area contributed by atoms with Crippen molar-refractivity contribution in [3.63, 3.8) is 0 Å². The summed E-state index contributed by atoms with van der Waals surface area (Å²) >= 11 is 0. The number of methoxy groups -OCH3 is 1. The highest BCUT2D eigenvalue weighted by molar-refractivity contribution is 5.33. The van der Waals surface area contributed by atoms with E-state index in [0.29, 0.717) is 13.2 Å². The Kier molecular flexibility index (Phi) is 5.44. The van der Waals surface area contributed by atoms with Crippen LogP contribution in [0.5, 0.6) is 11.5 Å². The summed E-state index contributed by atoms with van der Waals surface area (Å²) in [5.74, 6) is 1.59. The molecule has 0 aliphatic rings. The molecule has 0 unspecified atom stereocenters. The number of rotatable bonds is 7. The van der Waals surface area contributed by atoms with Crippen LogP contribution in [0, 0.1) is 0 Å². The molecule has 0 spiro atoms. The van der Waals surface area contributed by atoms with Crippen LogP contribution in [0.1, 0.15) is 12.5 Å². The average molecular weight is 272 g/mol. The first-order valence-corrected chi connectivity index (χ1v) is 6.70. The average Bonchev–Trinajstić information content (AvgIpc) is 2.47. The fraction of sp³-hybridized carbons (Fsp3) is 0.294. The summed E-state index contributed by atoms with van der Waals surface area (Å²) in [6.45, 7) is 3.09. The second-order valence-corrected chi connectivity index (χ2v) is 4.63. The highest BCUT2D eigenvalue weighted by Gasteiger charge is 2.04. The van der Waals surface area contributed by atoms with Crippen LogP contribution in [0.2, 0.25) is 0 Å². The van der Waals surface area contributed by atoms with Gasteiger partial charge >= 0.3 is 0 Å². The Hall–Kier alpha value is -2.00. The molecule has 2 rings (SSSR count). The van der Waals surface area contributed by atoms with Crippen molar-refractivity contribution in [2.24, 2.45) is 0 Å². The van der Waals surface area contributed by atoms with Crippen LogP contribution >= 0.6 is 0 Å². The van der Waals surface area contributed by atoms with Gasteiger partial charge in [0.1, 0.15) is 24.2 Å². The molecule has 0 fully saturated rings. The molecule has 2 aromatic rings. The molecule has 0 bridgehead atoms. The van der Waals surface area contributed by atoms with Gasteiger partial charge in [0.25, 0.3) is 0 Å². The van der Waals surface area contributed by atoms with E-state index in [0.717, 1.165) is 17.1 Å². The lowest BCUT2D eigenvalue weighted by atomic mass is 10.2. The maximum absolute atomic E-state index is 5.76. The summed E-state index contributed by atoms with van der Waals surface area (Å²) in [6, 6.07) is 17.8. The number of hydrogen-bond donors (Lipinski definition) is 0. The Labute approximate surface area is 120 Å². The van der Waals surface area contributed by atoms with Crippen molar-refractivity contribution in [1.82, 2.24) is 0 Å². The molecule has 0 amide bonds. The van der Waals surface area contributed by atoms with E-state index in [1.165, 1.54) is 0 Å². The predicted molar refractivity (Wildman–Crippen MR) is 79.2 cm³/mol. The van der Waals surface area contributed by atoms with E-state index in [1.807, 2.05) is 61.5 Å². The lowest BCUT2D eigenvalue weighted by Gasteiger charge is -2.14. The fourth-order valence-electron chi connectivity index (χ4n) is 1.88. The van der Waals surface area contributed by atoms with Crippen LogP contribution in [-0.4, -0.2) is 19.8 Å². The Morgan fingerprint density at radius 1 is 0.950 bits per heavy atom. The van der Waals surface area contributed by atoms with Crippen LogP contribution in [0.4, 0.5) is 0 Å². The van der Waals surface area contributed by atoms with Gasteiger partial charge in [-0.25, -0.2) is 0 Å². The first-order chi connectivity index (χ1) is 9.78. The van der Waals surface area contributed by atoms with Crippen LogP contribution in [0.15, 0.2) is 54.6 Å². The van der Waals surface area contributed by atoms with Gasteiger partial charge in [0.05, 0.1) is 6.61 Å². The van der Waals surface area contributed by atoms with Gasteiger partial charge in [-0.3, -0.25) is 0 Å². The molecule has 0 aromatic heterocycles. The Bertz CT molecular complexity index is 511. The van der Waals surface area contributed by atoms with Crippen LogP contribution in [-0.2, 0) is 11.3 Å². The molecular formula is C17H20O3. The summed E-state index contributed by atoms with van der Waals surface area (Å²) in [5, 5.41) is 0. The fourth-order valence-corrected chi connectivity index (χ4v) is 1.88. The predicted octanol–water partition coefficient (Wildman–Crippen LogP) is 3.68. The van der Waals surface area contributed by atoms with Gasteiger partial charge in [-0.15, -0.1) is 0 Å². The Balaban J connectivity index is 1.92. The first kappa shape index (κ1) is 14.4. The topological polar surface area (TPSA) is 27.7 Å². The third-order valence-electron chi connectivity index (χ3n) is 2.79. The standard InChI is InChI=1S/C17H20O3/c1-14(12-18-2)20-17-10-6-9-16(11-17)19-13-15-7-4-3-5-8-15/h3-11,14H,12-13H2,1-2H3/t14-/m1/s1. The summed E-state index contributed by atoms with van der Waals surface area (Å²) < 4.78 is 16.6. The van der Waals surface area contributed by atoms with E-state index in [1.54, 1.807) is 7.11 Å². The van der Waals surface area contributed by atoms with Crippen molar-refractivity contribution in [3.05, 3.63) is 60.2 Å². The minimum Gasteiger partial charge on any atom is -0.489 e. The van der Waals surface area contributed by atoms with E-state index in [2.05, 4.69) is 0 Å². The SMILES string of the molecule is COC[C@@H](C)Oc1cccc(OCc2ccccc2)c1. The van der Waals surface area contributed by atoms with Crippen LogP contribution < -0.4 is 9.47 Å². The molecule has 0 aliphatic heterocycles. The molecule has 0 saturated carbocycles. The zero-order valence-electron chi connectivity index (χ0n) is 11.9. The number of ether oxygens (including phenoxy) is 3. The summed E-state index contributed by atoms with van der Waals surface area (Å²) in [6.07, 6.45) is 0.0179. The second-order valence-electron chi connectivity index (χ2n) is 4.63. The quantitative estimate of drug-likeness (QED) is 0.769. The van der Waals surface area contributed by atoms with E-state index in [4.69, 9.17) is 14.2 Å². The summed E-state index contributed by atoms with van der Waals surface area (Å²) in [4.78, 5) is 0. The molecule has 1 atom stereocenters. The summed E-state index contributed by atoms with van der Waals surface area (Å²) in [7, 11) is 1.67.